The van der Waals surface area contributed by atoms with Gasteiger partial charge < -0.3 is 14.6 Å². The summed E-state index contributed by atoms with van der Waals surface area (Å²) in [6, 6.07) is 0. The van der Waals surface area contributed by atoms with E-state index in [-0.39, 0.29) is 18.3 Å². The van der Waals surface area contributed by atoms with Gasteiger partial charge in [0, 0.05) is 5.75 Å². The van der Waals surface area contributed by atoms with Gasteiger partial charge in [-0.15, -0.1) is 0 Å². The second-order valence-electron chi connectivity index (χ2n) is 7.23. The molecule has 7 atom stereocenters. The molecule has 1 heterocycles. The zero-order chi connectivity index (χ0) is 17.0. The number of carbonyl (C=O) groups is 2. The van der Waals surface area contributed by atoms with Gasteiger partial charge in [0.15, 0.2) is 0 Å². The molecule has 1 unspecified atom stereocenters. The van der Waals surface area contributed by atoms with E-state index in [9.17, 15) is 14.7 Å². The summed E-state index contributed by atoms with van der Waals surface area (Å²) in [5.41, 5.74) is -2.84. The van der Waals surface area contributed by atoms with Gasteiger partial charge in [-0.3, -0.25) is 9.59 Å². The molecule has 2 saturated carbocycles. The van der Waals surface area contributed by atoms with Crippen LogP contribution in [0.15, 0.2) is 0 Å². The summed E-state index contributed by atoms with van der Waals surface area (Å²) in [5, 5.41) is 10.4. The predicted molar refractivity (Wildman–Crippen MR) is 82.6 cm³/mol. The third-order valence-electron chi connectivity index (χ3n) is 5.63. The van der Waals surface area contributed by atoms with Gasteiger partial charge in [0.2, 0.25) is 0 Å². The lowest BCUT2D eigenvalue weighted by atomic mass is 9.65. The second kappa shape index (κ2) is 5.62. The van der Waals surface area contributed by atoms with E-state index in [1.807, 2.05) is 0 Å². The highest BCUT2D eigenvalue weighted by Gasteiger charge is 2.71. The van der Waals surface area contributed by atoms with Crippen LogP contribution in [-0.2, 0) is 19.1 Å². The van der Waals surface area contributed by atoms with Crippen molar-refractivity contribution in [2.45, 2.75) is 55.7 Å². The summed E-state index contributed by atoms with van der Waals surface area (Å²) in [6.07, 6.45) is 0.981. The fourth-order valence-corrected chi connectivity index (χ4v) is 6.05. The lowest BCUT2D eigenvalue weighted by Gasteiger charge is -2.47. The van der Waals surface area contributed by atoms with E-state index in [4.69, 9.17) is 4.74 Å². The quantitative estimate of drug-likeness (QED) is 0.782. The molecule has 2 aliphatic carbocycles. The number of hydrogen-bond acceptors (Lipinski definition) is 6. The van der Waals surface area contributed by atoms with E-state index >= 15 is 4.39 Å². The number of ether oxygens (including phenoxy) is 2. The van der Waals surface area contributed by atoms with E-state index in [1.54, 1.807) is 6.92 Å². The number of halogens is 1. The molecule has 3 rings (SSSR count). The molecule has 1 saturated heterocycles. The molecular formula is C16H23FO5S. The third kappa shape index (κ3) is 2.47. The van der Waals surface area contributed by atoms with E-state index in [0.717, 1.165) is 0 Å². The van der Waals surface area contributed by atoms with Crippen LogP contribution in [-0.4, -0.2) is 52.5 Å². The maximum Gasteiger partial charge on any atom is 0.313 e. The average molecular weight is 346 g/mol. The number of rotatable bonds is 4. The first-order valence-electron chi connectivity index (χ1n) is 8.03. The van der Waals surface area contributed by atoms with Gasteiger partial charge in [-0.2, -0.15) is 11.8 Å². The highest BCUT2D eigenvalue weighted by atomic mass is 32.2. The van der Waals surface area contributed by atoms with E-state index < -0.39 is 40.4 Å². The molecule has 0 aromatic carbocycles. The fourth-order valence-electron chi connectivity index (χ4n) is 4.45. The molecule has 0 spiro atoms. The molecule has 3 fully saturated rings. The molecule has 130 valence electrons. The Morgan fingerprint density at radius 2 is 2.26 bits per heavy atom. The standard InChI is InChI=1S/C16H23FO5S/c1-8(13(18)21-3)7-23-12-11-14(19)22-10-5-4-9(16(10,11)20)6-15(12,2)17/h8-12,20H,4-7H2,1-3H3/t8-,9+,10+,11?,12-,15+,16+/m0/s1. The minimum absolute atomic E-state index is 0.220. The van der Waals surface area contributed by atoms with Crippen molar-refractivity contribution in [3.63, 3.8) is 0 Å². The molecule has 1 aliphatic heterocycles. The molecule has 0 aromatic heterocycles. The van der Waals surface area contributed by atoms with Gasteiger partial charge >= 0.3 is 11.9 Å². The van der Waals surface area contributed by atoms with Crippen LogP contribution in [0.25, 0.3) is 0 Å². The first-order chi connectivity index (χ1) is 10.7. The molecule has 5 nitrogen and oxygen atoms in total. The van der Waals surface area contributed by atoms with Gasteiger partial charge in [-0.25, -0.2) is 4.39 Å². The van der Waals surface area contributed by atoms with Gasteiger partial charge in [0.25, 0.3) is 0 Å². The number of hydrogen-bond donors (Lipinski definition) is 1. The maximum atomic E-state index is 15.3. The van der Waals surface area contributed by atoms with Crippen molar-refractivity contribution in [3.8, 4) is 0 Å². The lowest BCUT2D eigenvalue weighted by Crippen LogP contribution is -2.60. The number of esters is 2. The summed E-state index contributed by atoms with van der Waals surface area (Å²) in [7, 11) is 1.31. The Bertz CT molecular complexity index is 525. The van der Waals surface area contributed by atoms with Gasteiger partial charge in [0.05, 0.1) is 18.3 Å². The minimum atomic E-state index is -1.58. The lowest BCUT2D eigenvalue weighted by molar-refractivity contribution is -0.146. The summed E-state index contributed by atoms with van der Waals surface area (Å²) in [6.45, 7) is 3.20. The van der Waals surface area contributed by atoms with Crippen molar-refractivity contribution in [2.24, 2.45) is 17.8 Å². The highest BCUT2D eigenvalue weighted by molar-refractivity contribution is 8.00. The van der Waals surface area contributed by atoms with Crippen LogP contribution in [0.3, 0.4) is 0 Å². The van der Waals surface area contributed by atoms with Crippen LogP contribution in [0.4, 0.5) is 4.39 Å². The first-order valence-corrected chi connectivity index (χ1v) is 9.08. The molecule has 23 heavy (non-hydrogen) atoms. The summed E-state index contributed by atoms with van der Waals surface area (Å²) in [4.78, 5) is 23.8. The number of carbonyl (C=O) groups excluding carboxylic acids is 2. The number of thioether (sulfide) groups is 1. The Balaban J connectivity index is 1.83. The van der Waals surface area contributed by atoms with E-state index in [0.29, 0.717) is 18.6 Å². The Morgan fingerprint density at radius 3 is 2.91 bits per heavy atom. The van der Waals surface area contributed by atoms with Crippen molar-refractivity contribution in [1.29, 1.82) is 0 Å². The van der Waals surface area contributed by atoms with Crippen LogP contribution in [0.5, 0.6) is 0 Å². The summed E-state index contributed by atoms with van der Waals surface area (Å²) < 4.78 is 25.3. The van der Waals surface area contributed by atoms with Crippen molar-refractivity contribution in [2.75, 3.05) is 12.9 Å². The zero-order valence-electron chi connectivity index (χ0n) is 13.6. The van der Waals surface area contributed by atoms with Crippen LogP contribution in [0.1, 0.15) is 33.1 Å². The van der Waals surface area contributed by atoms with Crippen LogP contribution in [0, 0.1) is 17.8 Å². The van der Waals surface area contributed by atoms with Crippen LogP contribution in [0.2, 0.25) is 0 Å². The smallest absolute Gasteiger partial charge is 0.313 e. The minimum Gasteiger partial charge on any atom is -0.469 e. The SMILES string of the molecule is COC(=O)[C@@H](C)CS[C@H]1C2C(=O)O[C@@H]3CC[C@H](C[C@@]1(C)F)[C@]23O. The van der Waals surface area contributed by atoms with Crippen molar-refractivity contribution >= 4 is 23.7 Å². The molecule has 3 aliphatic rings. The number of aliphatic hydroxyl groups is 1. The van der Waals surface area contributed by atoms with Crippen LogP contribution < -0.4 is 0 Å². The number of methoxy groups -OCH3 is 1. The van der Waals surface area contributed by atoms with Crippen LogP contribution >= 0.6 is 11.8 Å². The molecule has 7 heteroatoms. The fraction of sp³-hybridized carbons (Fsp3) is 0.875. The summed E-state index contributed by atoms with van der Waals surface area (Å²) >= 11 is 1.23. The van der Waals surface area contributed by atoms with Gasteiger partial charge in [0.1, 0.15) is 23.3 Å². The molecule has 0 radical (unpaired) electrons. The molecule has 1 N–H and O–H groups in total. The normalized spacial score (nSPS) is 46.2. The monoisotopic (exact) mass is 346 g/mol. The number of alkyl halides is 1. The topological polar surface area (TPSA) is 72.8 Å². The molecule has 0 amide bonds. The van der Waals surface area contributed by atoms with E-state index in [1.165, 1.54) is 25.8 Å². The Hall–Kier alpha value is -0.820. The zero-order valence-corrected chi connectivity index (χ0v) is 14.4. The summed E-state index contributed by atoms with van der Waals surface area (Å²) in [5.74, 6) is -2.03. The predicted octanol–water partition coefficient (Wildman–Crippen LogP) is 1.71. The maximum absolute atomic E-state index is 15.3. The largest absolute Gasteiger partial charge is 0.469 e. The highest BCUT2D eigenvalue weighted by Crippen LogP contribution is 2.60. The van der Waals surface area contributed by atoms with Gasteiger partial charge in [-0.1, -0.05) is 6.92 Å². The van der Waals surface area contributed by atoms with Crippen molar-refractivity contribution in [3.05, 3.63) is 0 Å². The van der Waals surface area contributed by atoms with Crippen molar-refractivity contribution < 1.29 is 28.6 Å². The average Bonchev–Trinajstić information content (AvgIpc) is 2.92. The second-order valence-corrected chi connectivity index (χ2v) is 8.40. The molecular weight excluding hydrogens is 323 g/mol. The molecule has 0 aromatic rings. The Kier molecular flexibility index (Phi) is 4.16. The first kappa shape index (κ1) is 17.0. The Morgan fingerprint density at radius 1 is 1.57 bits per heavy atom. The van der Waals surface area contributed by atoms with Gasteiger partial charge in [-0.05, 0) is 32.1 Å². The molecule has 0 bridgehead atoms. The van der Waals surface area contributed by atoms with Crippen molar-refractivity contribution in [1.82, 2.24) is 0 Å². The van der Waals surface area contributed by atoms with E-state index in [2.05, 4.69) is 4.74 Å². The Labute approximate surface area is 139 Å². The third-order valence-corrected chi connectivity index (χ3v) is 7.44.